The second-order valence-electron chi connectivity index (χ2n) is 8.60. The van der Waals surface area contributed by atoms with Crippen molar-refractivity contribution in [1.29, 1.82) is 0 Å². The summed E-state index contributed by atoms with van der Waals surface area (Å²) in [6.07, 6.45) is 1.96. The van der Waals surface area contributed by atoms with E-state index in [2.05, 4.69) is 20.4 Å². The second kappa shape index (κ2) is 9.46. The molecular weight excluding hydrogens is 457 g/mol. The number of aromatic nitrogens is 2. The molecule has 0 spiro atoms. The van der Waals surface area contributed by atoms with Crippen LogP contribution < -0.4 is 15.8 Å². The summed E-state index contributed by atoms with van der Waals surface area (Å²) >= 11 is 6.31. The van der Waals surface area contributed by atoms with Gasteiger partial charge < -0.3 is 15.1 Å². The summed E-state index contributed by atoms with van der Waals surface area (Å²) in [6, 6.07) is 12.2. The molecule has 0 bridgehead atoms. The molecule has 1 saturated heterocycles. The normalized spacial score (nSPS) is 15.6. The molecule has 176 valence electrons. The molecular formula is C25H25ClFN5O2. The lowest BCUT2D eigenvalue weighted by Gasteiger charge is -2.36. The van der Waals surface area contributed by atoms with Crippen LogP contribution in [0.2, 0.25) is 5.02 Å². The summed E-state index contributed by atoms with van der Waals surface area (Å²) in [6.45, 7) is 2.98. The van der Waals surface area contributed by atoms with Gasteiger partial charge in [-0.15, -0.1) is 0 Å². The number of aromatic amines is 1. The van der Waals surface area contributed by atoms with Crippen LogP contribution in [0.4, 0.5) is 15.8 Å². The number of piperazine rings is 1. The van der Waals surface area contributed by atoms with Gasteiger partial charge in [0.2, 0.25) is 0 Å². The van der Waals surface area contributed by atoms with Crippen LogP contribution in [0.15, 0.2) is 47.3 Å². The molecule has 2 N–H and O–H groups in total. The van der Waals surface area contributed by atoms with E-state index in [1.54, 1.807) is 17.0 Å². The van der Waals surface area contributed by atoms with Crippen LogP contribution in [0.3, 0.4) is 0 Å². The zero-order valence-electron chi connectivity index (χ0n) is 18.6. The van der Waals surface area contributed by atoms with E-state index in [-0.39, 0.29) is 17.0 Å². The third-order valence-electron chi connectivity index (χ3n) is 6.45. The van der Waals surface area contributed by atoms with Gasteiger partial charge in [0.25, 0.3) is 11.5 Å². The molecule has 0 aliphatic carbocycles. The van der Waals surface area contributed by atoms with Crippen molar-refractivity contribution in [3.8, 4) is 0 Å². The Hall–Kier alpha value is -3.39. The summed E-state index contributed by atoms with van der Waals surface area (Å²) in [5.41, 5.74) is 3.71. The average Bonchev–Trinajstić information content (AvgIpc) is 2.87. The number of hydrogen-bond donors (Lipinski definition) is 2. The smallest absolute Gasteiger partial charge is 0.269 e. The Bertz CT molecular complexity index is 1290. The van der Waals surface area contributed by atoms with Crippen LogP contribution in [-0.2, 0) is 12.8 Å². The van der Waals surface area contributed by atoms with Gasteiger partial charge in [0.1, 0.15) is 5.82 Å². The van der Waals surface area contributed by atoms with E-state index in [1.807, 2.05) is 24.3 Å². The van der Waals surface area contributed by atoms with Crippen molar-refractivity contribution in [2.45, 2.75) is 19.3 Å². The standard InChI is InChI=1S/C25H25ClFN5O2/c26-19-5-1-2-6-22(19)31-10-12-32(13-11-31)25(34)18-14-16(7-8-20(18)27)15-21-23-17(4-3-9-28-23)24(33)30-29-21/h1-2,5-8,14,28H,3-4,9-13,15H2,(H,30,33). The fourth-order valence-electron chi connectivity index (χ4n) is 4.65. The van der Waals surface area contributed by atoms with Crippen LogP contribution in [0, 0.1) is 5.82 Å². The van der Waals surface area contributed by atoms with Gasteiger partial charge in [-0.25, -0.2) is 9.49 Å². The fraction of sp³-hybridized carbons (Fsp3) is 0.320. The van der Waals surface area contributed by atoms with Gasteiger partial charge >= 0.3 is 0 Å². The molecule has 1 aromatic heterocycles. The minimum atomic E-state index is -0.545. The highest BCUT2D eigenvalue weighted by Crippen LogP contribution is 2.27. The molecule has 3 aromatic rings. The SMILES string of the molecule is O=C(c1cc(Cc2n[nH]c(=O)c3c2NCCC3)ccc1F)N1CCN(c2ccccc2Cl)CC1. The van der Waals surface area contributed by atoms with Crippen LogP contribution in [0.25, 0.3) is 0 Å². The number of rotatable bonds is 4. The van der Waals surface area contributed by atoms with Gasteiger partial charge in [0.15, 0.2) is 0 Å². The van der Waals surface area contributed by atoms with Gasteiger partial charge in [-0.3, -0.25) is 9.59 Å². The number of nitrogens with zero attached hydrogens (tertiary/aromatic N) is 3. The van der Waals surface area contributed by atoms with E-state index < -0.39 is 5.82 Å². The van der Waals surface area contributed by atoms with E-state index in [0.717, 1.165) is 29.9 Å². The Morgan fingerprint density at radius 2 is 1.91 bits per heavy atom. The highest BCUT2D eigenvalue weighted by Gasteiger charge is 2.26. The zero-order chi connectivity index (χ0) is 23.7. The molecule has 3 heterocycles. The monoisotopic (exact) mass is 481 g/mol. The molecule has 1 fully saturated rings. The largest absolute Gasteiger partial charge is 0.383 e. The number of H-pyrrole nitrogens is 1. The second-order valence-corrected chi connectivity index (χ2v) is 9.01. The highest BCUT2D eigenvalue weighted by molar-refractivity contribution is 6.33. The Morgan fingerprint density at radius 1 is 1.12 bits per heavy atom. The number of fused-ring (bicyclic) bond motifs is 1. The number of benzene rings is 2. The zero-order valence-corrected chi connectivity index (χ0v) is 19.4. The number of hydrogen-bond acceptors (Lipinski definition) is 5. The van der Waals surface area contributed by atoms with E-state index >= 15 is 0 Å². The lowest BCUT2D eigenvalue weighted by molar-refractivity contribution is 0.0742. The maximum Gasteiger partial charge on any atom is 0.269 e. The number of nitrogens with one attached hydrogen (secondary N) is 2. The molecule has 0 atom stereocenters. The number of carbonyl (C=O) groups excluding carboxylic acids is 1. The van der Waals surface area contributed by atoms with Gasteiger partial charge in [-0.05, 0) is 42.7 Å². The predicted molar refractivity (Wildman–Crippen MR) is 130 cm³/mol. The molecule has 2 aliphatic rings. The minimum absolute atomic E-state index is 0.0509. The number of para-hydroxylation sites is 1. The molecule has 9 heteroatoms. The van der Waals surface area contributed by atoms with Crippen LogP contribution in [-0.4, -0.2) is 53.7 Å². The average molecular weight is 482 g/mol. The first kappa shape index (κ1) is 22.4. The summed E-state index contributed by atoms with van der Waals surface area (Å²) in [5, 5.41) is 10.7. The molecule has 0 saturated carbocycles. The Morgan fingerprint density at radius 3 is 2.71 bits per heavy atom. The predicted octanol–water partition coefficient (Wildman–Crippen LogP) is 3.47. The van der Waals surface area contributed by atoms with Gasteiger partial charge in [-0.2, -0.15) is 5.10 Å². The van der Waals surface area contributed by atoms with Crippen molar-refractivity contribution in [3.05, 3.63) is 86.0 Å². The molecule has 34 heavy (non-hydrogen) atoms. The fourth-order valence-corrected chi connectivity index (χ4v) is 4.91. The summed E-state index contributed by atoms with van der Waals surface area (Å²) in [7, 11) is 0. The lowest BCUT2D eigenvalue weighted by atomic mass is 9.99. The van der Waals surface area contributed by atoms with Crippen molar-refractivity contribution in [2.24, 2.45) is 0 Å². The van der Waals surface area contributed by atoms with Crippen LogP contribution in [0.1, 0.15) is 33.6 Å². The molecule has 0 unspecified atom stereocenters. The molecule has 2 aliphatic heterocycles. The van der Waals surface area contributed by atoms with Crippen molar-refractivity contribution in [1.82, 2.24) is 15.1 Å². The van der Waals surface area contributed by atoms with Crippen molar-refractivity contribution < 1.29 is 9.18 Å². The first-order valence-corrected chi connectivity index (χ1v) is 11.8. The maximum absolute atomic E-state index is 14.7. The maximum atomic E-state index is 14.7. The Labute approximate surface area is 201 Å². The summed E-state index contributed by atoms with van der Waals surface area (Å²) < 4.78 is 14.7. The highest BCUT2D eigenvalue weighted by atomic mass is 35.5. The van der Waals surface area contributed by atoms with Gasteiger partial charge in [0, 0.05) is 44.7 Å². The third kappa shape index (κ3) is 4.37. The Kier molecular flexibility index (Phi) is 6.24. The van der Waals surface area contributed by atoms with E-state index in [1.165, 1.54) is 6.07 Å². The van der Waals surface area contributed by atoms with Crippen LogP contribution >= 0.6 is 11.6 Å². The summed E-state index contributed by atoms with van der Waals surface area (Å²) in [4.78, 5) is 29.1. The number of amides is 1. The number of halogens is 2. The van der Waals surface area contributed by atoms with E-state index in [4.69, 9.17) is 11.6 Å². The molecule has 5 rings (SSSR count). The van der Waals surface area contributed by atoms with Gasteiger partial charge in [-0.1, -0.05) is 29.8 Å². The van der Waals surface area contributed by atoms with Gasteiger partial charge in [0.05, 0.1) is 27.7 Å². The molecule has 7 nitrogen and oxygen atoms in total. The topological polar surface area (TPSA) is 81.3 Å². The van der Waals surface area contributed by atoms with E-state index in [9.17, 15) is 14.0 Å². The van der Waals surface area contributed by atoms with E-state index in [0.29, 0.717) is 55.3 Å². The lowest BCUT2D eigenvalue weighted by Crippen LogP contribution is -2.49. The van der Waals surface area contributed by atoms with Crippen molar-refractivity contribution >= 4 is 28.9 Å². The molecule has 1 amide bonds. The molecule has 2 aromatic carbocycles. The van der Waals surface area contributed by atoms with Crippen molar-refractivity contribution in [2.75, 3.05) is 42.9 Å². The Balaban J connectivity index is 1.32. The number of anilines is 2. The summed E-state index contributed by atoms with van der Waals surface area (Å²) in [5.74, 6) is -0.871. The minimum Gasteiger partial charge on any atom is -0.383 e. The van der Waals surface area contributed by atoms with Crippen molar-refractivity contribution in [3.63, 3.8) is 0 Å². The number of carbonyl (C=O) groups is 1. The molecule has 0 radical (unpaired) electrons. The first-order chi connectivity index (χ1) is 16.5. The quantitative estimate of drug-likeness (QED) is 0.596. The third-order valence-corrected chi connectivity index (χ3v) is 6.77. The first-order valence-electron chi connectivity index (χ1n) is 11.4. The van der Waals surface area contributed by atoms with Crippen LogP contribution in [0.5, 0.6) is 0 Å².